The number of nitrogens with two attached hydrogens (primary N) is 1. The van der Waals surface area contributed by atoms with Crippen LogP contribution in [0.25, 0.3) is 0 Å². The van der Waals surface area contributed by atoms with Crippen molar-refractivity contribution < 1.29 is 0 Å². The molecule has 0 fully saturated rings. The van der Waals surface area contributed by atoms with Crippen LogP contribution in [0.2, 0.25) is 0 Å². The summed E-state index contributed by atoms with van der Waals surface area (Å²) in [6.07, 6.45) is 0. The molecule has 0 saturated carbocycles. The first kappa shape index (κ1) is 13.9. The van der Waals surface area contributed by atoms with E-state index in [0.29, 0.717) is 12.5 Å². The lowest BCUT2D eigenvalue weighted by molar-refractivity contribution is 0.219. The monoisotopic (exact) mass is 397 g/mol. The summed E-state index contributed by atoms with van der Waals surface area (Å²) in [5.41, 5.74) is 7.23. The van der Waals surface area contributed by atoms with Crippen molar-refractivity contribution in [1.29, 1.82) is 0 Å². The van der Waals surface area contributed by atoms with E-state index >= 15 is 0 Å². The summed E-state index contributed by atoms with van der Waals surface area (Å²) in [6.45, 7) is 3.74. The lowest BCUT2D eigenvalue weighted by atomic mass is 9.91. The van der Waals surface area contributed by atoms with Crippen LogP contribution in [0.1, 0.15) is 17.4 Å². The number of hydrogen-bond acceptors (Lipinski definition) is 4. The van der Waals surface area contributed by atoms with Crippen molar-refractivity contribution >= 4 is 39.9 Å². The molecule has 0 bridgehead atoms. The zero-order chi connectivity index (χ0) is 14.2. The van der Waals surface area contributed by atoms with Crippen LogP contribution >= 0.6 is 33.9 Å². The first-order valence-electron chi connectivity index (χ1n) is 6.45. The lowest BCUT2D eigenvalue weighted by Crippen LogP contribution is -2.46. The van der Waals surface area contributed by atoms with Gasteiger partial charge in [-0.25, -0.2) is 0 Å². The Bertz CT molecular complexity index is 621. The highest BCUT2D eigenvalue weighted by atomic mass is 127. The topological polar surface area (TPSA) is 41.6 Å². The fraction of sp³-hybridized carbons (Fsp3) is 0.267. The van der Waals surface area contributed by atoms with E-state index in [1.165, 1.54) is 14.0 Å². The maximum absolute atomic E-state index is 6.12. The number of guanidine groups is 1. The van der Waals surface area contributed by atoms with Gasteiger partial charge in [-0.2, -0.15) is 0 Å². The molecular formula is C15H16IN3S. The molecular weight excluding hydrogens is 381 g/mol. The summed E-state index contributed by atoms with van der Waals surface area (Å²) < 4.78 is 1.24. The first-order valence-corrected chi connectivity index (χ1v) is 8.41. The van der Waals surface area contributed by atoms with Gasteiger partial charge >= 0.3 is 0 Å². The summed E-state index contributed by atoms with van der Waals surface area (Å²) >= 11 is 4.08. The molecule has 3 nitrogen and oxygen atoms in total. The Morgan fingerprint density at radius 3 is 2.75 bits per heavy atom. The SMILES string of the molecule is CC1(c2ccc(I)cc2)CN=C(N)N1Cc1cccs1. The second kappa shape index (κ2) is 5.37. The molecule has 0 amide bonds. The van der Waals surface area contributed by atoms with E-state index in [1.807, 2.05) is 0 Å². The molecule has 0 aliphatic carbocycles. The van der Waals surface area contributed by atoms with E-state index in [0.717, 1.165) is 6.54 Å². The van der Waals surface area contributed by atoms with Crippen LogP contribution in [0.4, 0.5) is 0 Å². The van der Waals surface area contributed by atoms with Crippen LogP contribution < -0.4 is 5.73 Å². The summed E-state index contributed by atoms with van der Waals surface area (Å²) in [7, 11) is 0. The highest BCUT2D eigenvalue weighted by molar-refractivity contribution is 14.1. The van der Waals surface area contributed by atoms with Gasteiger partial charge in [-0.3, -0.25) is 4.99 Å². The van der Waals surface area contributed by atoms with E-state index in [2.05, 4.69) is 81.2 Å². The van der Waals surface area contributed by atoms with Gasteiger partial charge in [0.25, 0.3) is 0 Å². The Labute approximate surface area is 136 Å². The van der Waals surface area contributed by atoms with Crippen LogP contribution in [0.3, 0.4) is 0 Å². The van der Waals surface area contributed by atoms with Crippen LogP contribution in [-0.2, 0) is 12.1 Å². The molecule has 3 rings (SSSR count). The third kappa shape index (κ3) is 2.44. The van der Waals surface area contributed by atoms with E-state index in [1.54, 1.807) is 11.3 Å². The normalized spacial score (nSPS) is 22.1. The molecule has 2 heterocycles. The van der Waals surface area contributed by atoms with Gasteiger partial charge < -0.3 is 10.6 Å². The molecule has 5 heteroatoms. The van der Waals surface area contributed by atoms with Gasteiger partial charge in [0.05, 0.1) is 18.6 Å². The van der Waals surface area contributed by atoms with Gasteiger partial charge in [0.1, 0.15) is 0 Å². The Hall–Kier alpha value is -1.08. The van der Waals surface area contributed by atoms with Gasteiger partial charge in [-0.05, 0) is 58.7 Å². The quantitative estimate of drug-likeness (QED) is 0.807. The zero-order valence-electron chi connectivity index (χ0n) is 11.2. The highest BCUT2D eigenvalue weighted by Gasteiger charge is 2.39. The van der Waals surface area contributed by atoms with Gasteiger partial charge in [0.2, 0.25) is 0 Å². The second-order valence-corrected chi connectivity index (χ2v) is 7.40. The minimum atomic E-state index is -0.154. The standard InChI is InChI=1S/C15H16IN3S/c1-15(11-4-6-12(16)7-5-11)10-18-14(17)19(15)9-13-3-2-8-20-13/h2-8H,9-10H2,1H3,(H2,17,18). The average molecular weight is 397 g/mol. The lowest BCUT2D eigenvalue weighted by Gasteiger charge is -2.36. The summed E-state index contributed by atoms with van der Waals surface area (Å²) in [5.74, 6) is 0.638. The van der Waals surface area contributed by atoms with E-state index in [-0.39, 0.29) is 5.54 Å². The number of benzene rings is 1. The highest BCUT2D eigenvalue weighted by Crippen LogP contribution is 2.34. The molecule has 104 valence electrons. The van der Waals surface area contributed by atoms with E-state index in [4.69, 9.17) is 5.73 Å². The number of rotatable bonds is 3. The van der Waals surface area contributed by atoms with Crippen LogP contribution in [0.5, 0.6) is 0 Å². The van der Waals surface area contributed by atoms with Gasteiger partial charge in [0.15, 0.2) is 5.96 Å². The van der Waals surface area contributed by atoms with Crippen molar-refractivity contribution in [3.8, 4) is 0 Å². The second-order valence-electron chi connectivity index (χ2n) is 5.12. The Morgan fingerprint density at radius 2 is 2.10 bits per heavy atom. The molecule has 0 spiro atoms. The Morgan fingerprint density at radius 1 is 1.35 bits per heavy atom. The molecule has 0 radical (unpaired) electrons. The molecule has 1 aromatic heterocycles. The van der Waals surface area contributed by atoms with Crippen molar-refractivity contribution in [1.82, 2.24) is 4.90 Å². The predicted molar refractivity (Wildman–Crippen MR) is 92.9 cm³/mol. The number of thiophene rings is 1. The molecule has 1 aromatic carbocycles. The van der Waals surface area contributed by atoms with Gasteiger partial charge in [-0.1, -0.05) is 18.2 Å². The van der Waals surface area contributed by atoms with Gasteiger partial charge in [-0.15, -0.1) is 11.3 Å². The zero-order valence-corrected chi connectivity index (χ0v) is 14.2. The average Bonchev–Trinajstić information content (AvgIpc) is 3.04. The summed E-state index contributed by atoms with van der Waals surface area (Å²) in [4.78, 5) is 7.99. The van der Waals surface area contributed by atoms with E-state index in [9.17, 15) is 0 Å². The van der Waals surface area contributed by atoms with Crippen molar-refractivity contribution in [3.05, 3.63) is 55.8 Å². The van der Waals surface area contributed by atoms with Crippen molar-refractivity contribution in [2.75, 3.05) is 6.54 Å². The van der Waals surface area contributed by atoms with Crippen LogP contribution in [0.15, 0.2) is 46.8 Å². The molecule has 1 atom stereocenters. The minimum absolute atomic E-state index is 0.154. The number of halogens is 1. The number of hydrogen-bond donors (Lipinski definition) is 1. The molecule has 20 heavy (non-hydrogen) atoms. The molecule has 1 aliphatic rings. The van der Waals surface area contributed by atoms with Crippen LogP contribution in [-0.4, -0.2) is 17.4 Å². The van der Waals surface area contributed by atoms with E-state index < -0.39 is 0 Å². The largest absolute Gasteiger partial charge is 0.370 e. The number of aliphatic imine (C=N–C) groups is 1. The maximum atomic E-state index is 6.12. The van der Waals surface area contributed by atoms with Crippen molar-refractivity contribution in [3.63, 3.8) is 0 Å². The summed E-state index contributed by atoms with van der Waals surface area (Å²) in [5, 5.41) is 2.10. The maximum Gasteiger partial charge on any atom is 0.192 e. The fourth-order valence-corrected chi connectivity index (χ4v) is 3.58. The Balaban J connectivity index is 1.93. The third-order valence-electron chi connectivity index (χ3n) is 3.78. The minimum Gasteiger partial charge on any atom is -0.370 e. The Kier molecular flexibility index (Phi) is 3.72. The molecule has 2 N–H and O–H groups in total. The molecule has 1 unspecified atom stereocenters. The smallest absolute Gasteiger partial charge is 0.192 e. The molecule has 1 aliphatic heterocycles. The van der Waals surface area contributed by atoms with Crippen molar-refractivity contribution in [2.45, 2.75) is 19.0 Å². The predicted octanol–water partition coefficient (Wildman–Crippen LogP) is 3.40. The number of nitrogens with zero attached hydrogens (tertiary/aromatic N) is 2. The van der Waals surface area contributed by atoms with Crippen molar-refractivity contribution in [2.24, 2.45) is 10.7 Å². The summed E-state index contributed by atoms with van der Waals surface area (Å²) in [6, 6.07) is 12.9. The van der Waals surface area contributed by atoms with Crippen LogP contribution in [0, 0.1) is 3.57 Å². The molecule has 2 aromatic rings. The van der Waals surface area contributed by atoms with Gasteiger partial charge in [0, 0.05) is 8.45 Å². The third-order valence-corrected chi connectivity index (χ3v) is 5.36. The fourth-order valence-electron chi connectivity index (χ4n) is 2.53. The first-order chi connectivity index (χ1) is 9.59. The molecule has 0 saturated heterocycles.